The van der Waals surface area contributed by atoms with Gasteiger partial charge in [0.2, 0.25) is 5.91 Å². The van der Waals surface area contributed by atoms with Crippen LogP contribution in [-0.2, 0) is 4.79 Å². The van der Waals surface area contributed by atoms with Crippen molar-refractivity contribution in [3.63, 3.8) is 0 Å². The number of nitrogens with zero attached hydrogens (tertiary/aromatic N) is 1. The molecule has 94 valence electrons. The van der Waals surface area contributed by atoms with E-state index in [4.69, 9.17) is 5.11 Å². The average Bonchev–Trinajstić information content (AvgIpc) is 2.27. The fraction of sp³-hybridized carbons (Fsp3) is 0.417. The number of likely N-dealkylation sites (N-methyl/N-ethyl adjacent to an activating group) is 1. The molecule has 1 N–H and O–H groups in total. The van der Waals surface area contributed by atoms with Crippen LogP contribution in [-0.4, -0.2) is 36.1 Å². The van der Waals surface area contributed by atoms with Gasteiger partial charge in [0.25, 0.3) is 0 Å². The third-order valence-corrected chi connectivity index (χ3v) is 2.61. The summed E-state index contributed by atoms with van der Waals surface area (Å²) in [6.07, 6.45) is 0. The zero-order valence-electron chi connectivity index (χ0n) is 9.78. The molecule has 0 aliphatic heterocycles. The Kier molecular flexibility index (Phi) is 4.57. The van der Waals surface area contributed by atoms with Crippen LogP contribution in [0.2, 0.25) is 0 Å². The summed E-state index contributed by atoms with van der Waals surface area (Å²) < 4.78 is 26.9. The molecule has 0 spiro atoms. The molecule has 0 fully saturated rings. The van der Waals surface area contributed by atoms with E-state index >= 15 is 0 Å². The molecule has 3 nitrogen and oxygen atoms in total. The molecule has 1 aromatic rings. The lowest BCUT2D eigenvalue weighted by molar-refractivity contribution is -0.131. The SMILES string of the molecule is CC(C(=O)N(C)CCO)c1c(F)cccc1F. The first-order valence-electron chi connectivity index (χ1n) is 5.28. The van der Waals surface area contributed by atoms with E-state index < -0.39 is 23.5 Å². The highest BCUT2D eigenvalue weighted by atomic mass is 19.1. The second-order valence-corrected chi connectivity index (χ2v) is 3.84. The monoisotopic (exact) mass is 243 g/mol. The lowest BCUT2D eigenvalue weighted by atomic mass is 9.98. The molecule has 17 heavy (non-hydrogen) atoms. The molecular formula is C12H15F2NO2. The van der Waals surface area contributed by atoms with Crippen molar-refractivity contribution in [1.82, 2.24) is 4.90 Å². The minimum atomic E-state index is -0.909. The number of aliphatic hydroxyl groups excluding tert-OH is 1. The quantitative estimate of drug-likeness (QED) is 0.871. The largest absolute Gasteiger partial charge is 0.395 e. The third kappa shape index (κ3) is 3.00. The van der Waals surface area contributed by atoms with Crippen molar-refractivity contribution < 1.29 is 18.7 Å². The standard InChI is InChI=1S/C12H15F2NO2/c1-8(12(17)15(2)6-7-16)11-9(13)4-3-5-10(11)14/h3-5,8,16H,6-7H2,1-2H3. The minimum Gasteiger partial charge on any atom is -0.395 e. The van der Waals surface area contributed by atoms with Crippen LogP contribution in [0.5, 0.6) is 0 Å². The predicted octanol–water partition coefficient (Wildman–Crippen LogP) is 1.52. The van der Waals surface area contributed by atoms with Gasteiger partial charge < -0.3 is 10.0 Å². The van der Waals surface area contributed by atoms with E-state index in [9.17, 15) is 13.6 Å². The summed E-state index contributed by atoms with van der Waals surface area (Å²) in [6, 6.07) is 3.49. The molecule has 0 radical (unpaired) electrons. The number of hydrogen-bond donors (Lipinski definition) is 1. The first-order chi connectivity index (χ1) is 7.99. The van der Waals surface area contributed by atoms with E-state index in [1.165, 1.54) is 24.9 Å². The van der Waals surface area contributed by atoms with Crippen LogP contribution < -0.4 is 0 Å². The van der Waals surface area contributed by atoms with Gasteiger partial charge >= 0.3 is 0 Å². The van der Waals surface area contributed by atoms with E-state index in [1.54, 1.807) is 0 Å². The molecule has 1 aromatic carbocycles. The van der Waals surface area contributed by atoms with Crippen molar-refractivity contribution in [3.8, 4) is 0 Å². The zero-order chi connectivity index (χ0) is 13.0. The van der Waals surface area contributed by atoms with E-state index in [1.807, 2.05) is 0 Å². The number of hydrogen-bond acceptors (Lipinski definition) is 2. The summed E-state index contributed by atoms with van der Waals surface area (Å²) in [7, 11) is 1.48. The van der Waals surface area contributed by atoms with Gasteiger partial charge in [-0.25, -0.2) is 8.78 Å². The third-order valence-electron chi connectivity index (χ3n) is 2.61. The molecule has 0 heterocycles. The van der Waals surface area contributed by atoms with Gasteiger partial charge in [0.1, 0.15) is 11.6 Å². The van der Waals surface area contributed by atoms with Crippen LogP contribution in [0.25, 0.3) is 0 Å². The molecule has 0 bridgehead atoms. The number of amides is 1. The topological polar surface area (TPSA) is 40.5 Å². The molecule has 1 amide bonds. The van der Waals surface area contributed by atoms with Crippen LogP contribution in [0, 0.1) is 11.6 Å². The number of benzene rings is 1. The van der Waals surface area contributed by atoms with Gasteiger partial charge in [0, 0.05) is 19.2 Å². The van der Waals surface area contributed by atoms with Crippen molar-refractivity contribution >= 4 is 5.91 Å². The number of carbonyl (C=O) groups excluding carboxylic acids is 1. The van der Waals surface area contributed by atoms with Gasteiger partial charge in [-0.05, 0) is 19.1 Å². The molecule has 5 heteroatoms. The summed E-state index contributed by atoms with van der Waals surface area (Å²) in [5, 5.41) is 8.71. The number of aliphatic hydroxyl groups is 1. The summed E-state index contributed by atoms with van der Waals surface area (Å²) >= 11 is 0. The van der Waals surface area contributed by atoms with Crippen molar-refractivity contribution in [3.05, 3.63) is 35.4 Å². The molecule has 0 aliphatic rings. The Bertz CT molecular complexity index is 389. The first-order valence-corrected chi connectivity index (χ1v) is 5.28. The second-order valence-electron chi connectivity index (χ2n) is 3.84. The Hall–Kier alpha value is -1.49. The Labute approximate surface area is 98.7 Å². The highest BCUT2D eigenvalue weighted by molar-refractivity contribution is 5.83. The molecule has 1 unspecified atom stereocenters. The molecule has 1 rings (SSSR count). The zero-order valence-corrected chi connectivity index (χ0v) is 9.78. The Balaban J connectivity index is 2.96. The highest BCUT2D eigenvalue weighted by Gasteiger charge is 2.24. The maximum absolute atomic E-state index is 13.5. The molecule has 0 saturated carbocycles. The summed E-state index contributed by atoms with van der Waals surface area (Å²) in [6.45, 7) is 1.39. The average molecular weight is 243 g/mol. The van der Waals surface area contributed by atoms with Crippen LogP contribution in [0.3, 0.4) is 0 Å². The van der Waals surface area contributed by atoms with Crippen molar-refractivity contribution in [2.45, 2.75) is 12.8 Å². The lowest BCUT2D eigenvalue weighted by Gasteiger charge is -2.21. The van der Waals surface area contributed by atoms with Crippen molar-refractivity contribution in [2.24, 2.45) is 0 Å². The van der Waals surface area contributed by atoms with Crippen LogP contribution in [0.4, 0.5) is 8.78 Å². The molecule has 0 saturated heterocycles. The smallest absolute Gasteiger partial charge is 0.229 e. The predicted molar refractivity (Wildman–Crippen MR) is 59.5 cm³/mol. The summed E-state index contributed by atoms with van der Waals surface area (Å²) in [4.78, 5) is 13.1. The van der Waals surface area contributed by atoms with Gasteiger partial charge in [0.05, 0.1) is 12.5 Å². The molecule has 1 atom stereocenters. The first kappa shape index (κ1) is 13.6. The highest BCUT2D eigenvalue weighted by Crippen LogP contribution is 2.23. The van der Waals surface area contributed by atoms with Crippen molar-refractivity contribution in [1.29, 1.82) is 0 Å². The summed E-state index contributed by atoms with van der Waals surface area (Å²) in [5.74, 6) is -2.80. The van der Waals surface area contributed by atoms with Gasteiger partial charge in [-0.15, -0.1) is 0 Å². The van der Waals surface area contributed by atoms with E-state index in [2.05, 4.69) is 0 Å². The minimum absolute atomic E-state index is 0.138. The summed E-state index contributed by atoms with van der Waals surface area (Å²) in [5.41, 5.74) is -0.234. The second kappa shape index (κ2) is 5.72. The van der Waals surface area contributed by atoms with Gasteiger partial charge in [-0.1, -0.05) is 6.07 Å². The van der Waals surface area contributed by atoms with Crippen LogP contribution >= 0.6 is 0 Å². The molecule has 0 aromatic heterocycles. The maximum atomic E-state index is 13.5. The fourth-order valence-electron chi connectivity index (χ4n) is 1.64. The number of rotatable bonds is 4. The van der Waals surface area contributed by atoms with Gasteiger partial charge in [0.15, 0.2) is 0 Å². The molecule has 0 aliphatic carbocycles. The van der Waals surface area contributed by atoms with Gasteiger partial charge in [-0.3, -0.25) is 4.79 Å². The Morgan fingerprint density at radius 2 is 1.94 bits per heavy atom. The van der Waals surface area contributed by atoms with E-state index in [0.717, 1.165) is 12.1 Å². The van der Waals surface area contributed by atoms with E-state index in [0.29, 0.717) is 0 Å². The number of carbonyl (C=O) groups is 1. The lowest BCUT2D eigenvalue weighted by Crippen LogP contribution is -2.33. The normalized spacial score (nSPS) is 12.3. The Morgan fingerprint density at radius 3 is 2.41 bits per heavy atom. The fourth-order valence-corrected chi connectivity index (χ4v) is 1.64. The van der Waals surface area contributed by atoms with Crippen LogP contribution in [0.1, 0.15) is 18.4 Å². The van der Waals surface area contributed by atoms with Gasteiger partial charge in [-0.2, -0.15) is 0 Å². The number of halogens is 2. The Morgan fingerprint density at radius 1 is 1.41 bits per heavy atom. The van der Waals surface area contributed by atoms with E-state index in [-0.39, 0.29) is 18.7 Å². The molecular weight excluding hydrogens is 228 g/mol. The van der Waals surface area contributed by atoms with Crippen LogP contribution in [0.15, 0.2) is 18.2 Å². The van der Waals surface area contributed by atoms with Crippen molar-refractivity contribution in [2.75, 3.05) is 20.2 Å². The maximum Gasteiger partial charge on any atom is 0.229 e.